The van der Waals surface area contributed by atoms with Crippen molar-refractivity contribution in [2.24, 2.45) is 0 Å². The largest absolute Gasteiger partial charge is 0.399 e. The van der Waals surface area contributed by atoms with Gasteiger partial charge in [-0.2, -0.15) is 0 Å². The van der Waals surface area contributed by atoms with Crippen molar-refractivity contribution < 1.29 is 14.8 Å². The first-order chi connectivity index (χ1) is 7.13. The third kappa shape index (κ3) is 4.16. The summed E-state index contributed by atoms with van der Waals surface area (Å²) in [6.45, 7) is -0.278. The number of rotatable bonds is 3. The summed E-state index contributed by atoms with van der Waals surface area (Å²) < 4.78 is 0. The van der Waals surface area contributed by atoms with Gasteiger partial charge in [0.1, 0.15) is 0 Å². The lowest BCUT2D eigenvalue weighted by Gasteiger charge is -2.03. The number of amides is 2. The highest BCUT2D eigenvalue weighted by Gasteiger charge is 2.06. The molecule has 0 aromatic heterocycles. The molecule has 5 N–H and O–H groups in total. The third-order valence-corrected chi connectivity index (χ3v) is 1.71. The molecule has 0 radical (unpaired) electrons. The molecule has 7 heteroatoms. The van der Waals surface area contributed by atoms with Gasteiger partial charge in [-0.25, -0.2) is 5.48 Å². The van der Waals surface area contributed by atoms with Crippen LogP contribution in [0.5, 0.6) is 0 Å². The molecule has 0 bridgehead atoms. The minimum atomic E-state index is -0.682. The quantitative estimate of drug-likeness (QED) is 0.340. The van der Waals surface area contributed by atoms with E-state index in [1.54, 1.807) is 24.3 Å². The number of hydrogen-bond donors (Lipinski definition) is 4. The first kappa shape index (κ1) is 14.2. The monoisotopic (exact) mass is 245 g/mol. The van der Waals surface area contributed by atoms with Crippen LogP contribution in [0.1, 0.15) is 10.4 Å². The van der Waals surface area contributed by atoms with Crippen molar-refractivity contribution >= 4 is 29.9 Å². The van der Waals surface area contributed by atoms with E-state index >= 15 is 0 Å². The summed E-state index contributed by atoms with van der Waals surface area (Å²) in [5, 5.41) is 10.5. The van der Waals surface area contributed by atoms with Gasteiger partial charge in [0.25, 0.3) is 11.8 Å². The van der Waals surface area contributed by atoms with E-state index in [9.17, 15) is 9.59 Å². The molecule has 0 heterocycles. The van der Waals surface area contributed by atoms with Gasteiger partial charge in [-0.3, -0.25) is 14.8 Å². The highest BCUT2D eigenvalue weighted by molar-refractivity contribution is 5.96. The van der Waals surface area contributed by atoms with Crippen LogP contribution in [-0.4, -0.2) is 23.6 Å². The Hall–Kier alpha value is -1.79. The summed E-state index contributed by atoms with van der Waals surface area (Å²) in [7, 11) is 0. The van der Waals surface area contributed by atoms with Gasteiger partial charge >= 0.3 is 0 Å². The number of halogens is 1. The van der Waals surface area contributed by atoms with Crippen LogP contribution >= 0.6 is 12.4 Å². The first-order valence-electron chi connectivity index (χ1n) is 4.20. The van der Waals surface area contributed by atoms with Crippen LogP contribution in [-0.2, 0) is 4.79 Å². The first-order valence-corrected chi connectivity index (χ1v) is 4.20. The summed E-state index contributed by atoms with van der Waals surface area (Å²) in [5.41, 5.74) is 7.80. The van der Waals surface area contributed by atoms with E-state index in [-0.39, 0.29) is 19.0 Å². The fourth-order valence-electron chi connectivity index (χ4n) is 0.937. The minimum Gasteiger partial charge on any atom is -0.399 e. The molecule has 2 amide bonds. The molecule has 1 aromatic carbocycles. The number of benzene rings is 1. The van der Waals surface area contributed by atoms with Crippen molar-refractivity contribution in [2.45, 2.75) is 0 Å². The lowest BCUT2D eigenvalue weighted by atomic mass is 10.2. The Morgan fingerprint density at radius 1 is 1.25 bits per heavy atom. The van der Waals surface area contributed by atoms with Crippen LogP contribution in [0.15, 0.2) is 24.3 Å². The summed E-state index contributed by atoms with van der Waals surface area (Å²) in [4.78, 5) is 22.0. The van der Waals surface area contributed by atoms with Gasteiger partial charge < -0.3 is 11.1 Å². The smallest absolute Gasteiger partial charge is 0.262 e. The van der Waals surface area contributed by atoms with Crippen molar-refractivity contribution in [1.82, 2.24) is 10.8 Å². The SMILES string of the molecule is Cl.Nc1ccc(C(=O)NCC(=O)NO)cc1. The van der Waals surface area contributed by atoms with Gasteiger partial charge in [-0.05, 0) is 24.3 Å². The molecule has 0 aliphatic carbocycles. The van der Waals surface area contributed by atoms with Crippen LogP contribution in [0.3, 0.4) is 0 Å². The van der Waals surface area contributed by atoms with Crippen molar-refractivity contribution in [3.05, 3.63) is 29.8 Å². The second-order valence-electron chi connectivity index (χ2n) is 2.84. The maximum absolute atomic E-state index is 11.4. The predicted molar refractivity (Wildman–Crippen MR) is 60.4 cm³/mol. The second kappa shape index (κ2) is 6.65. The molecular weight excluding hydrogens is 234 g/mol. The van der Waals surface area contributed by atoms with Gasteiger partial charge in [0.05, 0.1) is 6.54 Å². The van der Waals surface area contributed by atoms with Crippen LogP contribution < -0.4 is 16.5 Å². The molecule has 88 valence electrons. The maximum atomic E-state index is 11.4. The molecule has 0 unspecified atom stereocenters. The van der Waals surface area contributed by atoms with E-state index in [1.165, 1.54) is 5.48 Å². The van der Waals surface area contributed by atoms with Gasteiger partial charge in [0.15, 0.2) is 0 Å². The molecule has 0 fully saturated rings. The molecule has 1 aromatic rings. The van der Waals surface area contributed by atoms with Crippen molar-refractivity contribution in [3.63, 3.8) is 0 Å². The molecule has 16 heavy (non-hydrogen) atoms. The number of nitrogens with one attached hydrogen (secondary N) is 2. The fraction of sp³-hybridized carbons (Fsp3) is 0.111. The molecule has 0 saturated heterocycles. The zero-order valence-electron chi connectivity index (χ0n) is 8.27. The zero-order chi connectivity index (χ0) is 11.3. The highest BCUT2D eigenvalue weighted by atomic mass is 35.5. The molecule has 0 spiro atoms. The Kier molecular flexibility index (Phi) is 5.91. The number of carbonyl (C=O) groups excluding carboxylic acids is 2. The van der Waals surface area contributed by atoms with E-state index in [1.807, 2.05) is 0 Å². The van der Waals surface area contributed by atoms with Gasteiger partial charge in [0, 0.05) is 11.3 Å². The van der Waals surface area contributed by atoms with E-state index in [4.69, 9.17) is 10.9 Å². The molecule has 0 aliphatic rings. The van der Waals surface area contributed by atoms with Crippen molar-refractivity contribution in [2.75, 3.05) is 12.3 Å². The van der Waals surface area contributed by atoms with Crippen LogP contribution in [0, 0.1) is 0 Å². The topological polar surface area (TPSA) is 104 Å². The summed E-state index contributed by atoms with van der Waals surface area (Å²) in [6.07, 6.45) is 0. The highest BCUT2D eigenvalue weighted by Crippen LogP contribution is 2.04. The molecule has 0 aliphatic heterocycles. The zero-order valence-corrected chi connectivity index (χ0v) is 9.08. The Labute approximate surface area is 98.2 Å². The number of carbonyl (C=O) groups is 2. The molecular formula is C9H12ClN3O3. The summed E-state index contributed by atoms with van der Waals surface area (Å²) in [5.74, 6) is -1.09. The summed E-state index contributed by atoms with van der Waals surface area (Å²) >= 11 is 0. The Morgan fingerprint density at radius 3 is 2.31 bits per heavy atom. The van der Waals surface area contributed by atoms with Gasteiger partial charge in [0.2, 0.25) is 0 Å². The van der Waals surface area contributed by atoms with E-state index in [0.717, 1.165) is 0 Å². The minimum absolute atomic E-state index is 0. The van der Waals surface area contributed by atoms with Crippen molar-refractivity contribution in [1.29, 1.82) is 0 Å². The normalized spacial score (nSPS) is 8.81. The Morgan fingerprint density at radius 2 is 1.81 bits per heavy atom. The average Bonchev–Trinajstić information content (AvgIpc) is 2.26. The molecule has 0 saturated carbocycles. The summed E-state index contributed by atoms with van der Waals surface area (Å²) in [6, 6.07) is 6.26. The van der Waals surface area contributed by atoms with Crippen LogP contribution in [0.2, 0.25) is 0 Å². The van der Waals surface area contributed by atoms with Gasteiger partial charge in [-0.1, -0.05) is 0 Å². The lowest BCUT2D eigenvalue weighted by molar-refractivity contribution is -0.128. The standard InChI is InChI=1S/C9H11N3O3.ClH/c10-7-3-1-6(2-4-7)9(14)11-5-8(13)12-15;/h1-4,15H,5,10H2,(H,11,14)(H,12,13);1H. The molecule has 1 rings (SSSR count). The molecule has 0 atom stereocenters. The van der Waals surface area contributed by atoms with Crippen LogP contribution in [0.4, 0.5) is 5.69 Å². The van der Waals surface area contributed by atoms with E-state index < -0.39 is 11.8 Å². The number of anilines is 1. The lowest BCUT2D eigenvalue weighted by Crippen LogP contribution is -2.35. The fourth-order valence-corrected chi connectivity index (χ4v) is 0.937. The number of hydroxylamine groups is 1. The second-order valence-corrected chi connectivity index (χ2v) is 2.84. The van der Waals surface area contributed by atoms with Gasteiger partial charge in [-0.15, -0.1) is 12.4 Å². The third-order valence-electron chi connectivity index (χ3n) is 1.71. The van der Waals surface area contributed by atoms with Crippen molar-refractivity contribution in [3.8, 4) is 0 Å². The number of hydrogen-bond acceptors (Lipinski definition) is 4. The van der Waals surface area contributed by atoms with E-state index in [2.05, 4.69) is 5.32 Å². The maximum Gasteiger partial charge on any atom is 0.262 e. The molecule has 6 nitrogen and oxygen atoms in total. The number of nitrogens with two attached hydrogens (primary N) is 1. The van der Waals surface area contributed by atoms with E-state index in [0.29, 0.717) is 11.3 Å². The Balaban J connectivity index is 0.00000225. The van der Waals surface area contributed by atoms with Crippen LogP contribution in [0.25, 0.3) is 0 Å². The average molecular weight is 246 g/mol. The number of nitrogen functional groups attached to an aromatic ring is 1. The predicted octanol–water partition coefficient (Wildman–Crippen LogP) is -0.0742. The Bertz CT molecular complexity index is 367.